The van der Waals surface area contributed by atoms with Gasteiger partial charge in [-0.3, -0.25) is 4.79 Å². The second-order valence-corrected chi connectivity index (χ2v) is 3.96. The summed E-state index contributed by atoms with van der Waals surface area (Å²) in [7, 11) is 0. The highest BCUT2D eigenvalue weighted by Gasteiger charge is 2.24. The van der Waals surface area contributed by atoms with Crippen molar-refractivity contribution in [1.29, 1.82) is 0 Å². The lowest BCUT2D eigenvalue weighted by Gasteiger charge is -2.26. The first kappa shape index (κ1) is 13.5. The highest BCUT2D eigenvalue weighted by atomic mass is 16.5. The molecule has 0 atom stereocenters. The second-order valence-electron chi connectivity index (χ2n) is 3.96. The summed E-state index contributed by atoms with van der Waals surface area (Å²) < 4.78 is 0. The monoisotopic (exact) mass is 234 g/mol. The Morgan fingerprint density at radius 2 is 2.18 bits per heavy atom. The molecule has 0 aromatic carbocycles. The van der Waals surface area contributed by atoms with Gasteiger partial charge in [0.25, 0.3) is 0 Å². The van der Waals surface area contributed by atoms with Gasteiger partial charge in [0.15, 0.2) is 0 Å². The summed E-state index contributed by atoms with van der Waals surface area (Å²) in [6, 6.07) is 0. The molecule has 0 aromatic rings. The van der Waals surface area contributed by atoms with Crippen molar-refractivity contribution in [1.82, 2.24) is 10.4 Å². The molecule has 1 aliphatic rings. The number of rotatable bonds is 3. The largest absolute Gasteiger partial charge is 0.326 e. The lowest BCUT2D eigenvalue weighted by molar-refractivity contribution is -0.135. The molecule has 0 bridgehead atoms. The number of amides is 1. The second kappa shape index (κ2) is 6.89. The van der Waals surface area contributed by atoms with Crippen molar-refractivity contribution in [3.05, 3.63) is 23.9 Å². The van der Waals surface area contributed by atoms with Crippen LogP contribution >= 0.6 is 0 Å². The number of carbonyl (C=O) groups is 1. The molecule has 0 unspecified atom stereocenters. The van der Waals surface area contributed by atoms with E-state index in [1.165, 1.54) is 5.06 Å². The molecule has 0 spiro atoms. The Morgan fingerprint density at radius 1 is 1.53 bits per heavy atom. The number of nitrogens with zero attached hydrogens (tertiary/aromatic N) is 1. The van der Waals surface area contributed by atoms with Crippen LogP contribution in [0.15, 0.2) is 23.9 Å². The SMILES string of the molecule is C#C/C=C\C(=C/C)NC(=O)C1CCN(O)CC1. The number of allylic oxidation sites excluding steroid dienone is 3. The standard InChI is InChI=1S/C13H18N2O2/c1-3-5-6-12(4-2)14-13(16)11-7-9-15(17)10-8-11/h1,4-6,11,17H,7-10H2,2H3,(H,14,16)/b6-5-,12-4+. The van der Waals surface area contributed by atoms with Crippen LogP contribution in [0.1, 0.15) is 19.8 Å². The number of carbonyl (C=O) groups excluding carboxylic acids is 1. The van der Waals surface area contributed by atoms with Crippen LogP contribution in [0, 0.1) is 18.3 Å². The predicted octanol–water partition coefficient (Wildman–Crippen LogP) is 1.30. The molecule has 0 saturated carbocycles. The van der Waals surface area contributed by atoms with Gasteiger partial charge in [-0.25, -0.2) is 0 Å². The molecule has 1 heterocycles. The van der Waals surface area contributed by atoms with E-state index in [0.717, 1.165) is 0 Å². The lowest BCUT2D eigenvalue weighted by Crippen LogP contribution is -2.38. The summed E-state index contributed by atoms with van der Waals surface area (Å²) in [6.07, 6.45) is 11.5. The van der Waals surface area contributed by atoms with E-state index in [1.807, 2.05) is 6.92 Å². The molecule has 0 radical (unpaired) electrons. The summed E-state index contributed by atoms with van der Waals surface area (Å²) >= 11 is 0. The van der Waals surface area contributed by atoms with Crippen molar-refractivity contribution in [2.45, 2.75) is 19.8 Å². The number of hydroxylamine groups is 2. The maximum atomic E-state index is 11.9. The van der Waals surface area contributed by atoms with E-state index in [2.05, 4.69) is 11.2 Å². The van der Waals surface area contributed by atoms with Crippen LogP contribution in [0.25, 0.3) is 0 Å². The summed E-state index contributed by atoms with van der Waals surface area (Å²) in [5.41, 5.74) is 0.708. The van der Waals surface area contributed by atoms with Gasteiger partial charge < -0.3 is 10.5 Å². The van der Waals surface area contributed by atoms with Gasteiger partial charge in [-0.05, 0) is 31.9 Å². The Bertz CT molecular complexity index is 358. The van der Waals surface area contributed by atoms with Crippen molar-refractivity contribution in [2.24, 2.45) is 5.92 Å². The number of nitrogens with one attached hydrogen (secondary N) is 1. The molecular weight excluding hydrogens is 216 g/mol. The predicted molar refractivity (Wildman–Crippen MR) is 66.0 cm³/mol. The summed E-state index contributed by atoms with van der Waals surface area (Å²) in [5.74, 6) is 2.34. The molecular formula is C13H18N2O2. The first-order valence-electron chi connectivity index (χ1n) is 5.71. The van der Waals surface area contributed by atoms with Crippen molar-refractivity contribution < 1.29 is 10.0 Å². The molecule has 4 heteroatoms. The van der Waals surface area contributed by atoms with E-state index in [4.69, 9.17) is 6.42 Å². The lowest BCUT2D eigenvalue weighted by atomic mass is 9.97. The Balaban J connectivity index is 2.48. The third-order valence-electron chi connectivity index (χ3n) is 2.78. The molecule has 0 aromatic heterocycles. The smallest absolute Gasteiger partial charge is 0.227 e. The number of hydrogen-bond donors (Lipinski definition) is 2. The summed E-state index contributed by atoms with van der Waals surface area (Å²) in [6.45, 7) is 2.93. The third-order valence-corrected chi connectivity index (χ3v) is 2.78. The minimum absolute atomic E-state index is 0.00660. The summed E-state index contributed by atoms with van der Waals surface area (Å²) in [5, 5.41) is 13.3. The zero-order valence-electron chi connectivity index (χ0n) is 10.0. The van der Waals surface area contributed by atoms with Crippen LogP contribution in [-0.4, -0.2) is 29.3 Å². The van der Waals surface area contributed by atoms with Crippen LogP contribution in [0.3, 0.4) is 0 Å². The normalized spacial score (nSPS) is 19.2. The maximum absolute atomic E-state index is 11.9. The van der Waals surface area contributed by atoms with E-state index in [0.29, 0.717) is 31.6 Å². The van der Waals surface area contributed by atoms with Crippen LogP contribution in [0.5, 0.6) is 0 Å². The fourth-order valence-electron chi connectivity index (χ4n) is 1.72. The molecule has 1 aliphatic heterocycles. The Hall–Kier alpha value is -1.57. The van der Waals surface area contributed by atoms with Gasteiger partial charge in [0.2, 0.25) is 5.91 Å². The quantitative estimate of drug-likeness (QED) is 0.571. The third kappa shape index (κ3) is 4.43. The topological polar surface area (TPSA) is 52.6 Å². The highest BCUT2D eigenvalue weighted by molar-refractivity contribution is 5.81. The van der Waals surface area contributed by atoms with E-state index >= 15 is 0 Å². The molecule has 1 amide bonds. The van der Waals surface area contributed by atoms with Gasteiger partial charge in [-0.15, -0.1) is 6.42 Å². The van der Waals surface area contributed by atoms with Gasteiger partial charge in [-0.2, -0.15) is 5.06 Å². The Morgan fingerprint density at radius 3 is 2.71 bits per heavy atom. The average molecular weight is 234 g/mol. The average Bonchev–Trinajstić information content (AvgIpc) is 2.35. The zero-order valence-corrected chi connectivity index (χ0v) is 10.0. The number of terminal acetylenes is 1. The molecule has 1 saturated heterocycles. The zero-order chi connectivity index (χ0) is 12.7. The van der Waals surface area contributed by atoms with E-state index < -0.39 is 0 Å². The molecule has 2 N–H and O–H groups in total. The van der Waals surface area contributed by atoms with E-state index in [1.54, 1.807) is 18.2 Å². The first-order chi connectivity index (χ1) is 8.17. The summed E-state index contributed by atoms with van der Waals surface area (Å²) in [4.78, 5) is 11.9. The molecule has 4 nitrogen and oxygen atoms in total. The van der Waals surface area contributed by atoms with E-state index in [-0.39, 0.29) is 11.8 Å². The minimum atomic E-state index is -0.0346. The number of piperidine rings is 1. The van der Waals surface area contributed by atoms with Crippen LogP contribution < -0.4 is 5.32 Å². The van der Waals surface area contributed by atoms with Crippen molar-refractivity contribution >= 4 is 5.91 Å². The fraction of sp³-hybridized carbons (Fsp3) is 0.462. The molecule has 92 valence electrons. The molecule has 17 heavy (non-hydrogen) atoms. The first-order valence-corrected chi connectivity index (χ1v) is 5.71. The highest BCUT2D eigenvalue weighted by Crippen LogP contribution is 2.16. The van der Waals surface area contributed by atoms with Crippen LogP contribution in [0.2, 0.25) is 0 Å². The van der Waals surface area contributed by atoms with Gasteiger partial charge in [0.1, 0.15) is 0 Å². The molecule has 0 aliphatic carbocycles. The van der Waals surface area contributed by atoms with Crippen molar-refractivity contribution in [3.63, 3.8) is 0 Å². The van der Waals surface area contributed by atoms with Crippen molar-refractivity contribution in [2.75, 3.05) is 13.1 Å². The van der Waals surface area contributed by atoms with Crippen LogP contribution in [-0.2, 0) is 4.79 Å². The van der Waals surface area contributed by atoms with Gasteiger partial charge >= 0.3 is 0 Å². The maximum Gasteiger partial charge on any atom is 0.227 e. The number of hydrogen-bond acceptors (Lipinski definition) is 3. The van der Waals surface area contributed by atoms with Gasteiger partial charge in [-0.1, -0.05) is 12.0 Å². The van der Waals surface area contributed by atoms with Gasteiger partial charge in [0.05, 0.1) is 0 Å². The van der Waals surface area contributed by atoms with Crippen molar-refractivity contribution in [3.8, 4) is 12.3 Å². The minimum Gasteiger partial charge on any atom is -0.326 e. The van der Waals surface area contributed by atoms with E-state index in [9.17, 15) is 10.0 Å². The molecule has 1 rings (SSSR count). The Labute approximate surface area is 102 Å². The van der Waals surface area contributed by atoms with Gasteiger partial charge in [0, 0.05) is 24.7 Å². The molecule has 1 fully saturated rings. The fourth-order valence-corrected chi connectivity index (χ4v) is 1.72. The Kier molecular flexibility index (Phi) is 5.47. The van der Waals surface area contributed by atoms with Crippen LogP contribution in [0.4, 0.5) is 0 Å².